The van der Waals surface area contributed by atoms with Crippen molar-refractivity contribution in [1.29, 1.82) is 0 Å². The third-order valence-corrected chi connectivity index (χ3v) is 7.47. The second-order valence-electron chi connectivity index (χ2n) is 8.37. The molecule has 14 heteroatoms. The number of anilines is 2. The molecule has 1 aliphatic heterocycles. The van der Waals surface area contributed by atoms with Crippen LogP contribution in [0.15, 0.2) is 6.07 Å². The van der Waals surface area contributed by atoms with Crippen LogP contribution in [0.4, 0.5) is 20.7 Å². The standard InChI is InChI=1S/C19H30F2N8O3S/c1-22-13-6-9-28(10-7-13)19-24-15-12-16(32-17(20)21)26-29(15)18(25-19)23-8-11-33(30,31)27-14-4-2-3-5-14/h12-14,17,22,27H,2-11H2,1H3,(H,23,24,25). The van der Waals surface area contributed by atoms with Crippen molar-refractivity contribution < 1.29 is 21.9 Å². The molecule has 2 aromatic heterocycles. The van der Waals surface area contributed by atoms with Crippen LogP contribution in [0.2, 0.25) is 0 Å². The van der Waals surface area contributed by atoms with Gasteiger partial charge in [0, 0.05) is 37.8 Å². The number of fused-ring (bicyclic) bond motifs is 1. The van der Waals surface area contributed by atoms with Gasteiger partial charge in [-0.1, -0.05) is 12.8 Å². The smallest absolute Gasteiger partial charge is 0.388 e. The molecule has 3 N–H and O–H groups in total. The summed E-state index contributed by atoms with van der Waals surface area (Å²) in [5, 5.41) is 10.2. The van der Waals surface area contributed by atoms with Crippen LogP contribution < -0.4 is 25.0 Å². The first-order valence-corrected chi connectivity index (χ1v) is 12.9. The molecule has 2 aliphatic rings. The fourth-order valence-corrected chi connectivity index (χ4v) is 5.51. The first kappa shape index (κ1) is 23.8. The van der Waals surface area contributed by atoms with Crippen molar-refractivity contribution >= 4 is 27.6 Å². The van der Waals surface area contributed by atoms with Gasteiger partial charge in [-0.2, -0.15) is 23.3 Å². The fourth-order valence-electron chi connectivity index (χ4n) is 4.28. The van der Waals surface area contributed by atoms with E-state index < -0.39 is 16.6 Å². The van der Waals surface area contributed by atoms with Crippen molar-refractivity contribution in [3.63, 3.8) is 0 Å². The molecular formula is C19H30F2N8O3S. The highest BCUT2D eigenvalue weighted by molar-refractivity contribution is 7.89. The minimum absolute atomic E-state index is 0.00642. The maximum Gasteiger partial charge on any atom is 0.388 e. The van der Waals surface area contributed by atoms with Gasteiger partial charge >= 0.3 is 6.61 Å². The summed E-state index contributed by atoms with van der Waals surface area (Å²) in [6.07, 6.45) is 5.60. The highest BCUT2D eigenvalue weighted by Crippen LogP contribution is 2.23. The Labute approximate surface area is 191 Å². The van der Waals surface area contributed by atoms with Crippen LogP contribution in [0.5, 0.6) is 5.88 Å². The van der Waals surface area contributed by atoms with Crippen LogP contribution in [0, 0.1) is 0 Å². The van der Waals surface area contributed by atoms with Gasteiger partial charge in [-0.15, -0.1) is 5.10 Å². The van der Waals surface area contributed by atoms with Gasteiger partial charge in [0.05, 0.1) is 5.75 Å². The average molecular weight is 489 g/mol. The topological polar surface area (TPSA) is 126 Å². The second kappa shape index (κ2) is 10.3. The van der Waals surface area contributed by atoms with Crippen molar-refractivity contribution in [3.8, 4) is 5.88 Å². The number of hydrogen-bond acceptors (Lipinski definition) is 9. The highest BCUT2D eigenvalue weighted by atomic mass is 32.2. The Morgan fingerprint density at radius 2 is 1.88 bits per heavy atom. The Bertz CT molecular complexity index is 1040. The zero-order chi connectivity index (χ0) is 23.4. The zero-order valence-electron chi connectivity index (χ0n) is 18.5. The zero-order valence-corrected chi connectivity index (χ0v) is 19.3. The number of halogens is 2. The number of nitrogens with zero attached hydrogens (tertiary/aromatic N) is 5. The monoisotopic (exact) mass is 488 g/mol. The van der Waals surface area contributed by atoms with Gasteiger partial charge in [0.1, 0.15) is 0 Å². The maximum absolute atomic E-state index is 12.7. The molecule has 0 amide bonds. The van der Waals surface area contributed by atoms with E-state index in [1.807, 2.05) is 11.9 Å². The summed E-state index contributed by atoms with van der Waals surface area (Å²) < 4.78 is 58.6. The van der Waals surface area contributed by atoms with Gasteiger partial charge in [-0.25, -0.2) is 13.1 Å². The minimum atomic E-state index is -3.47. The van der Waals surface area contributed by atoms with Crippen LogP contribution in [0.3, 0.4) is 0 Å². The molecule has 2 fully saturated rings. The molecule has 184 valence electrons. The van der Waals surface area contributed by atoms with Crippen LogP contribution in [0.1, 0.15) is 38.5 Å². The van der Waals surface area contributed by atoms with E-state index in [0.29, 0.717) is 12.0 Å². The summed E-state index contributed by atoms with van der Waals surface area (Å²) in [5.74, 6) is 0.198. The summed E-state index contributed by atoms with van der Waals surface area (Å²) in [7, 11) is -1.54. The summed E-state index contributed by atoms with van der Waals surface area (Å²) in [6, 6.07) is 1.72. The van der Waals surface area contributed by atoms with Crippen molar-refractivity contribution in [2.75, 3.05) is 42.7 Å². The van der Waals surface area contributed by atoms with E-state index in [-0.39, 0.29) is 35.8 Å². The predicted octanol–water partition coefficient (Wildman–Crippen LogP) is 1.19. The van der Waals surface area contributed by atoms with Crippen LogP contribution in [-0.4, -0.2) is 79.1 Å². The van der Waals surface area contributed by atoms with Gasteiger partial charge in [0.25, 0.3) is 0 Å². The quantitative estimate of drug-likeness (QED) is 0.452. The molecule has 0 spiro atoms. The first-order valence-electron chi connectivity index (χ1n) is 11.2. The average Bonchev–Trinajstić information content (AvgIpc) is 3.42. The normalized spacial score (nSPS) is 18.5. The molecule has 2 aromatic rings. The van der Waals surface area contributed by atoms with E-state index in [4.69, 9.17) is 0 Å². The Kier molecular flexibility index (Phi) is 7.44. The van der Waals surface area contributed by atoms with E-state index in [9.17, 15) is 17.2 Å². The largest absolute Gasteiger partial charge is 0.415 e. The number of hydrogen-bond donors (Lipinski definition) is 3. The molecule has 0 bridgehead atoms. The lowest BCUT2D eigenvalue weighted by Gasteiger charge is -2.31. The summed E-state index contributed by atoms with van der Waals surface area (Å²) >= 11 is 0. The van der Waals surface area contributed by atoms with E-state index in [1.165, 1.54) is 10.6 Å². The number of piperidine rings is 1. The molecule has 3 heterocycles. The van der Waals surface area contributed by atoms with Crippen molar-refractivity contribution in [1.82, 2.24) is 29.6 Å². The van der Waals surface area contributed by atoms with Gasteiger partial charge in [0.15, 0.2) is 5.65 Å². The predicted molar refractivity (Wildman–Crippen MR) is 119 cm³/mol. The van der Waals surface area contributed by atoms with Crippen molar-refractivity contribution in [3.05, 3.63) is 6.07 Å². The van der Waals surface area contributed by atoms with Crippen molar-refractivity contribution in [2.45, 2.75) is 57.2 Å². The Hall–Kier alpha value is -2.32. The molecule has 1 saturated heterocycles. The van der Waals surface area contributed by atoms with Gasteiger partial charge < -0.3 is 20.3 Å². The molecule has 0 atom stereocenters. The summed E-state index contributed by atoms with van der Waals surface area (Å²) in [4.78, 5) is 11.0. The number of rotatable bonds is 10. The Morgan fingerprint density at radius 3 is 2.55 bits per heavy atom. The summed E-state index contributed by atoms with van der Waals surface area (Å²) in [5.41, 5.74) is 0.279. The van der Waals surface area contributed by atoms with Gasteiger partial charge in [0.2, 0.25) is 27.8 Å². The van der Waals surface area contributed by atoms with Crippen LogP contribution in [0.25, 0.3) is 5.65 Å². The van der Waals surface area contributed by atoms with Gasteiger partial charge in [-0.05, 0) is 32.7 Å². The number of sulfonamides is 1. The van der Waals surface area contributed by atoms with E-state index >= 15 is 0 Å². The Morgan fingerprint density at radius 1 is 1.15 bits per heavy atom. The number of alkyl halides is 2. The van der Waals surface area contributed by atoms with Crippen molar-refractivity contribution in [2.24, 2.45) is 0 Å². The second-order valence-corrected chi connectivity index (χ2v) is 10.2. The molecule has 1 aliphatic carbocycles. The Balaban J connectivity index is 1.51. The maximum atomic E-state index is 12.7. The lowest BCUT2D eigenvalue weighted by Crippen LogP contribution is -2.42. The molecule has 0 aromatic carbocycles. The minimum Gasteiger partial charge on any atom is -0.415 e. The molecule has 33 heavy (non-hydrogen) atoms. The van der Waals surface area contributed by atoms with E-state index in [0.717, 1.165) is 51.6 Å². The van der Waals surface area contributed by atoms with E-state index in [1.54, 1.807) is 0 Å². The summed E-state index contributed by atoms with van der Waals surface area (Å²) in [6.45, 7) is -1.49. The SMILES string of the molecule is CNC1CCN(c2nc(NCCS(=O)(=O)NC3CCCC3)n3nc(OC(F)F)cc3n2)CC1. The van der Waals surface area contributed by atoms with Gasteiger partial charge in [-0.3, -0.25) is 0 Å². The number of aromatic nitrogens is 4. The number of ether oxygens (including phenoxy) is 1. The third kappa shape index (κ3) is 6.18. The lowest BCUT2D eigenvalue weighted by atomic mass is 10.1. The van der Waals surface area contributed by atoms with Crippen LogP contribution in [-0.2, 0) is 10.0 Å². The third-order valence-electron chi connectivity index (χ3n) is 6.04. The molecule has 1 saturated carbocycles. The molecule has 11 nitrogen and oxygen atoms in total. The first-order chi connectivity index (χ1) is 15.8. The number of nitrogens with one attached hydrogen (secondary N) is 3. The highest BCUT2D eigenvalue weighted by Gasteiger charge is 2.24. The molecule has 0 radical (unpaired) electrons. The van der Waals surface area contributed by atoms with Crippen LogP contribution >= 0.6 is 0 Å². The molecule has 0 unspecified atom stereocenters. The molecule has 4 rings (SSSR count). The lowest BCUT2D eigenvalue weighted by molar-refractivity contribution is -0.0529. The molecular weight excluding hydrogens is 458 g/mol. The van der Waals surface area contributed by atoms with E-state index in [2.05, 4.69) is 35.2 Å². The fraction of sp³-hybridized carbons (Fsp3) is 0.737.